The summed E-state index contributed by atoms with van der Waals surface area (Å²) in [6.45, 7) is 2.00. The molecule has 2 aromatic rings. The van der Waals surface area contributed by atoms with Crippen LogP contribution in [0.15, 0.2) is 22.7 Å². The zero-order valence-corrected chi connectivity index (χ0v) is 12.6. The lowest BCUT2D eigenvalue weighted by Crippen LogP contribution is -2.02. The third-order valence-corrected chi connectivity index (χ3v) is 3.88. The van der Waals surface area contributed by atoms with Gasteiger partial charge in [-0.1, -0.05) is 30.1 Å². The van der Waals surface area contributed by atoms with Crippen LogP contribution in [-0.4, -0.2) is 9.97 Å². The van der Waals surface area contributed by atoms with Crippen molar-refractivity contribution in [3.63, 3.8) is 0 Å². The van der Waals surface area contributed by atoms with E-state index in [1.165, 1.54) is 0 Å². The average Bonchev–Trinajstić information content (AvgIpc) is 2.35. The Balaban J connectivity index is 2.64. The zero-order valence-electron chi connectivity index (χ0n) is 9.54. The van der Waals surface area contributed by atoms with E-state index in [2.05, 4.69) is 25.9 Å². The molecule has 0 saturated heterocycles. The number of rotatable bonds is 2. The highest BCUT2D eigenvalue weighted by Crippen LogP contribution is 2.31. The molecular formula is C12H10BrCl2N3. The van der Waals surface area contributed by atoms with Gasteiger partial charge in [-0.25, -0.2) is 9.97 Å². The Kier molecular flexibility index (Phi) is 4.10. The van der Waals surface area contributed by atoms with Crippen LogP contribution >= 0.6 is 39.1 Å². The smallest absolute Gasteiger partial charge is 0.163 e. The molecule has 94 valence electrons. The molecule has 1 aromatic heterocycles. The zero-order chi connectivity index (χ0) is 13.3. The van der Waals surface area contributed by atoms with Gasteiger partial charge in [0.2, 0.25) is 0 Å². The Labute approximate surface area is 123 Å². The van der Waals surface area contributed by atoms with E-state index >= 15 is 0 Å². The first-order valence-corrected chi connectivity index (χ1v) is 6.85. The quantitative estimate of drug-likeness (QED) is 0.878. The van der Waals surface area contributed by atoms with E-state index in [9.17, 15) is 0 Å². The van der Waals surface area contributed by atoms with E-state index in [0.29, 0.717) is 27.3 Å². The highest BCUT2D eigenvalue weighted by molar-refractivity contribution is 9.10. The Morgan fingerprint density at radius 2 is 2.00 bits per heavy atom. The number of anilines is 1. The molecule has 0 bridgehead atoms. The van der Waals surface area contributed by atoms with Crippen molar-refractivity contribution in [2.24, 2.45) is 0 Å². The van der Waals surface area contributed by atoms with Crippen LogP contribution in [0.5, 0.6) is 0 Å². The first kappa shape index (κ1) is 13.6. The van der Waals surface area contributed by atoms with Crippen LogP contribution in [0.4, 0.5) is 5.82 Å². The molecule has 0 spiro atoms. The summed E-state index contributed by atoms with van der Waals surface area (Å²) in [5.74, 6) is 0.882. The monoisotopic (exact) mass is 345 g/mol. The number of aromatic nitrogens is 2. The maximum Gasteiger partial charge on any atom is 0.163 e. The van der Waals surface area contributed by atoms with Gasteiger partial charge in [0.05, 0.1) is 15.2 Å². The molecule has 0 aliphatic rings. The highest BCUT2D eigenvalue weighted by Gasteiger charge is 2.13. The van der Waals surface area contributed by atoms with Gasteiger partial charge < -0.3 is 5.73 Å². The summed E-state index contributed by atoms with van der Waals surface area (Å²) in [6.07, 6.45) is 0.749. The summed E-state index contributed by atoms with van der Waals surface area (Å²) in [7, 11) is 0. The highest BCUT2D eigenvalue weighted by atomic mass is 79.9. The van der Waals surface area contributed by atoms with Crippen molar-refractivity contribution in [1.29, 1.82) is 0 Å². The molecule has 0 saturated carbocycles. The summed E-state index contributed by atoms with van der Waals surface area (Å²) >= 11 is 15.5. The Morgan fingerprint density at radius 1 is 1.28 bits per heavy atom. The summed E-state index contributed by atoms with van der Waals surface area (Å²) in [6, 6.07) is 5.16. The van der Waals surface area contributed by atoms with Crippen molar-refractivity contribution in [2.75, 3.05) is 5.73 Å². The van der Waals surface area contributed by atoms with E-state index in [0.717, 1.165) is 16.6 Å². The number of aryl methyl sites for hydroxylation is 1. The Morgan fingerprint density at radius 3 is 2.67 bits per heavy atom. The first-order chi connectivity index (χ1) is 8.52. The van der Waals surface area contributed by atoms with Crippen LogP contribution < -0.4 is 5.73 Å². The molecule has 1 heterocycles. The maximum atomic E-state index is 6.13. The molecule has 0 amide bonds. The standard InChI is InChI=1S/C12H10BrCl2N3/c1-2-9-10(13)11(16)18-12(17-9)7-5-6(14)3-4-8(7)15/h3-5H,2H2,1H3,(H2,16,17,18). The third kappa shape index (κ3) is 2.60. The number of benzene rings is 1. The van der Waals surface area contributed by atoms with Gasteiger partial charge in [0.15, 0.2) is 5.82 Å². The number of hydrogen-bond donors (Lipinski definition) is 1. The molecule has 2 N–H and O–H groups in total. The number of nitrogen functional groups attached to an aromatic ring is 1. The van der Waals surface area contributed by atoms with Gasteiger partial charge in [0.1, 0.15) is 5.82 Å². The fourth-order valence-electron chi connectivity index (χ4n) is 1.54. The molecular weight excluding hydrogens is 337 g/mol. The van der Waals surface area contributed by atoms with Crippen molar-refractivity contribution < 1.29 is 0 Å². The minimum atomic E-state index is 0.396. The third-order valence-electron chi connectivity index (χ3n) is 2.45. The number of nitrogens with two attached hydrogens (primary N) is 1. The Hall–Kier alpha value is -0.840. The number of hydrogen-bond acceptors (Lipinski definition) is 3. The molecule has 0 radical (unpaired) electrons. The van der Waals surface area contributed by atoms with Crippen LogP contribution in [0.2, 0.25) is 10.0 Å². The van der Waals surface area contributed by atoms with Crippen LogP contribution in [0.3, 0.4) is 0 Å². The lowest BCUT2D eigenvalue weighted by Gasteiger charge is -2.09. The first-order valence-electron chi connectivity index (χ1n) is 5.30. The second-order valence-corrected chi connectivity index (χ2v) is 5.31. The van der Waals surface area contributed by atoms with Crippen molar-refractivity contribution in [3.05, 3.63) is 38.4 Å². The predicted molar refractivity (Wildman–Crippen MR) is 79.0 cm³/mol. The lowest BCUT2D eigenvalue weighted by molar-refractivity contribution is 0.996. The Bertz CT molecular complexity index is 602. The second-order valence-electron chi connectivity index (χ2n) is 3.67. The normalized spacial score (nSPS) is 10.7. The lowest BCUT2D eigenvalue weighted by atomic mass is 10.2. The molecule has 2 rings (SSSR count). The molecule has 18 heavy (non-hydrogen) atoms. The molecule has 1 aromatic carbocycles. The summed E-state index contributed by atoms with van der Waals surface area (Å²) in [4.78, 5) is 8.67. The largest absolute Gasteiger partial charge is 0.383 e. The fraction of sp³-hybridized carbons (Fsp3) is 0.167. The number of nitrogens with zero attached hydrogens (tertiary/aromatic N) is 2. The number of halogens is 3. The fourth-order valence-corrected chi connectivity index (χ4v) is 2.37. The van der Waals surface area contributed by atoms with E-state index < -0.39 is 0 Å². The van der Waals surface area contributed by atoms with E-state index in [-0.39, 0.29) is 0 Å². The van der Waals surface area contributed by atoms with Gasteiger partial charge in [-0.15, -0.1) is 0 Å². The van der Waals surface area contributed by atoms with Crippen LogP contribution in [0.1, 0.15) is 12.6 Å². The second kappa shape index (κ2) is 5.43. The molecule has 0 fully saturated rings. The van der Waals surface area contributed by atoms with Crippen LogP contribution in [0.25, 0.3) is 11.4 Å². The van der Waals surface area contributed by atoms with Gasteiger partial charge >= 0.3 is 0 Å². The summed E-state index contributed by atoms with van der Waals surface area (Å²) < 4.78 is 0.729. The van der Waals surface area contributed by atoms with Gasteiger partial charge in [0.25, 0.3) is 0 Å². The van der Waals surface area contributed by atoms with Crippen LogP contribution in [-0.2, 0) is 6.42 Å². The minimum absolute atomic E-state index is 0.396. The minimum Gasteiger partial charge on any atom is -0.383 e. The van der Waals surface area contributed by atoms with Crippen molar-refractivity contribution in [1.82, 2.24) is 9.97 Å². The van der Waals surface area contributed by atoms with E-state index in [1.807, 2.05) is 6.92 Å². The van der Waals surface area contributed by atoms with E-state index in [1.54, 1.807) is 18.2 Å². The topological polar surface area (TPSA) is 51.8 Å². The van der Waals surface area contributed by atoms with Gasteiger partial charge in [0, 0.05) is 10.6 Å². The molecule has 3 nitrogen and oxygen atoms in total. The predicted octanol–water partition coefficient (Wildman–Crippen LogP) is 4.36. The summed E-state index contributed by atoms with van der Waals surface area (Å²) in [5, 5.41) is 1.13. The van der Waals surface area contributed by atoms with Gasteiger partial charge in [-0.3, -0.25) is 0 Å². The average molecular weight is 347 g/mol. The molecule has 0 aliphatic heterocycles. The SMILES string of the molecule is CCc1nc(-c2cc(Cl)ccc2Cl)nc(N)c1Br. The van der Waals surface area contributed by atoms with Crippen molar-refractivity contribution >= 4 is 44.9 Å². The van der Waals surface area contributed by atoms with Crippen LogP contribution in [0, 0.1) is 0 Å². The summed E-state index contributed by atoms with van der Waals surface area (Å²) in [5.41, 5.74) is 7.37. The maximum absolute atomic E-state index is 6.13. The van der Waals surface area contributed by atoms with Gasteiger partial charge in [-0.05, 0) is 40.5 Å². The van der Waals surface area contributed by atoms with Crippen molar-refractivity contribution in [2.45, 2.75) is 13.3 Å². The molecule has 0 unspecified atom stereocenters. The molecule has 0 atom stereocenters. The molecule has 6 heteroatoms. The molecule has 0 aliphatic carbocycles. The van der Waals surface area contributed by atoms with E-state index in [4.69, 9.17) is 28.9 Å². The van der Waals surface area contributed by atoms with Crippen molar-refractivity contribution in [3.8, 4) is 11.4 Å². The van der Waals surface area contributed by atoms with Gasteiger partial charge in [-0.2, -0.15) is 0 Å².